The highest BCUT2D eigenvalue weighted by Crippen LogP contribution is 2.13. The molecule has 5 nitrogen and oxygen atoms in total. The largest absolute Gasteiger partial charge is 0.352 e. The molecule has 2 rings (SSSR count). The zero-order valence-electron chi connectivity index (χ0n) is 12.4. The molecule has 5 heteroatoms. The fourth-order valence-corrected chi connectivity index (χ4v) is 2.11. The van der Waals surface area contributed by atoms with Crippen molar-refractivity contribution in [2.75, 3.05) is 6.54 Å². The van der Waals surface area contributed by atoms with Crippen molar-refractivity contribution < 1.29 is 9.72 Å². The summed E-state index contributed by atoms with van der Waals surface area (Å²) in [4.78, 5) is 22.1. The van der Waals surface area contributed by atoms with Crippen molar-refractivity contribution in [2.45, 2.75) is 19.8 Å². The second-order valence-electron chi connectivity index (χ2n) is 5.15. The van der Waals surface area contributed by atoms with Crippen molar-refractivity contribution in [1.29, 1.82) is 0 Å². The van der Waals surface area contributed by atoms with E-state index in [1.165, 1.54) is 29.3 Å². The molecule has 0 saturated carbocycles. The van der Waals surface area contributed by atoms with E-state index in [9.17, 15) is 14.9 Å². The van der Waals surface area contributed by atoms with E-state index >= 15 is 0 Å². The van der Waals surface area contributed by atoms with Crippen LogP contribution in [0.25, 0.3) is 0 Å². The maximum absolute atomic E-state index is 11.9. The maximum atomic E-state index is 11.9. The highest BCUT2D eigenvalue weighted by molar-refractivity contribution is 5.94. The van der Waals surface area contributed by atoms with Gasteiger partial charge in [-0.25, -0.2) is 0 Å². The fraction of sp³-hybridized carbons (Fsp3) is 0.235. The number of carbonyl (C=O) groups is 1. The molecule has 0 bridgehead atoms. The van der Waals surface area contributed by atoms with Crippen LogP contribution in [-0.4, -0.2) is 17.4 Å². The van der Waals surface area contributed by atoms with Gasteiger partial charge in [-0.05, 0) is 31.4 Å². The van der Waals surface area contributed by atoms with Gasteiger partial charge in [-0.1, -0.05) is 35.9 Å². The van der Waals surface area contributed by atoms with Gasteiger partial charge in [0.15, 0.2) is 0 Å². The molecule has 0 aliphatic carbocycles. The molecule has 2 aromatic rings. The van der Waals surface area contributed by atoms with E-state index in [1.807, 2.05) is 6.92 Å². The molecule has 0 fully saturated rings. The van der Waals surface area contributed by atoms with Gasteiger partial charge in [-0.2, -0.15) is 0 Å². The van der Waals surface area contributed by atoms with Gasteiger partial charge in [-0.15, -0.1) is 0 Å². The van der Waals surface area contributed by atoms with Crippen molar-refractivity contribution in [3.8, 4) is 0 Å². The Balaban J connectivity index is 1.81. The van der Waals surface area contributed by atoms with E-state index in [2.05, 4.69) is 29.6 Å². The number of nitro groups is 1. The van der Waals surface area contributed by atoms with Crippen molar-refractivity contribution in [3.63, 3.8) is 0 Å². The molecule has 22 heavy (non-hydrogen) atoms. The third-order valence-corrected chi connectivity index (χ3v) is 3.37. The molecule has 1 amide bonds. The number of non-ortho nitro benzene ring substituents is 1. The summed E-state index contributed by atoms with van der Waals surface area (Å²) in [5, 5.41) is 13.5. The first-order valence-electron chi connectivity index (χ1n) is 7.14. The monoisotopic (exact) mass is 298 g/mol. The molecule has 0 radical (unpaired) electrons. The molecule has 0 unspecified atom stereocenters. The van der Waals surface area contributed by atoms with E-state index in [4.69, 9.17) is 0 Å². The quantitative estimate of drug-likeness (QED) is 0.505. The second-order valence-corrected chi connectivity index (χ2v) is 5.15. The molecule has 0 aliphatic rings. The minimum absolute atomic E-state index is 0.0766. The van der Waals surface area contributed by atoms with Gasteiger partial charge >= 0.3 is 0 Å². The Kier molecular flexibility index (Phi) is 5.25. The molecule has 0 aromatic heterocycles. The second kappa shape index (κ2) is 7.36. The normalized spacial score (nSPS) is 10.2. The van der Waals surface area contributed by atoms with E-state index in [0.717, 1.165) is 12.8 Å². The highest BCUT2D eigenvalue weighted by Gasteiger charge is 2.10. The van der Waals surface area contributed by atoms with E-state index in [-0.39, 0.29) is 11.6 Å². The zero-order chi connectivity index (χ0) is 15.9. The number of nitro benzene ring substituents is 1. The smallest absolute Gasteiger partial charge is 0.270 e. The first kappa shape index (κ1) is 15.7. The van der Waals surface area contributed by atoms with Crippen LogP contribution >= 0.6 is 0 Å². The zero-order valence-corrected chi connectivity index (χ0v) is 12.4. The van der Waals surface area contributed by atoms with Gasteiger partial charge in [-0.3, -0.25) is 14.9 Å². The van der Waals surface area contributed by atoms with Crippen molar-refractivity contribution in [1.82, 2.24) is 5.32 Å². The standard InChI is InChI=1S/C17H18N2O3/c1-13-7-9-14(10-8-13)4-3-11-18-17(20)15-5-2-6-16(12-15)19(21)22/h2,5-10,12H,3-4,11H2,1H3,(H,18,20). The summed E-state index contributed by atoms with van der Waals surface area (Å²) in [6.07, 6.45) is 1.71. The average molecular weight is 298 g/mol. The Bertz CT molecular complexity index is 666. The molecule has 0 spiro atoms. The minimum Gasteiger partial charge on any atom is -0.352 e. The van der Waals surface area contributed by atoms with Gasteiger partial charge in [0.2, 0.25) is 0 Å². The van der Waals surface area contributed by atoms with Crippen LogP contribution in [0.4, 0.5) is 5.69 Å². The summed E-state index contributed by atoms with van der Waals surface area (Å²) in [6.45, 7) is 2.58. The number of nitrogens with zero attached hydrogens (tertiary/aromatic N) is 1. The maximum Gasteiger partial charge on any atom is 0.270 e. The molecule has 0 atom stereocenters. The molecule has 0 aliphatic heterocycles. The van der Waals surface area contributed by atoms with Crippen LogP contribution in [0.5, 0.6) is 0 Å². The van der Waals surface area contributed by atoms with Crippen LogP contribution < -0.4 is 5.32 Å². The van der Waals surface area contributed by atoms with Gasteiger partial charge in [0.1, 0.15) is 0 Å². The van der Waals surface area contributed by atoms with Crippen LogP contribution in [0.1, 0.15) is 27.9 Å². The molecule has 0 saturated heterocycles. The molecule has 0 heterocycles. The van der Waals surface area contributed by atoms with Gasteiger partial charge in [0, 0.05) is 24.2 Å². The Morgan fingerprint density at radius 3 is 2.59 bits per heavy atom. The number of rotatable bonds is 6. The van der Waals surface area contributed by atoms with Crippen LogP contribution in [0, 0.1) is 17.0 Å². The Labute approximate surface area is 129 Å². The molecular formula is C17H18N2O3. The third-order valence-electron chi connectivity index (χ3n) is 3.37. The van der Waals surface area contributed by atoms with Crippen molar-refractivity contribution in [3.05, 3.63) is 75.3 Å². The van der Waals surface area contributed by atoms with Crippen LogP contribution in [-0.2, 0) is 6.42 Å². The first-order chi connectivity index (χ1) is 10.6. The van der Waals surface area contributed by atoms with E-state index in [0.29, 0.717) is 12.1 Å². The summed E-state index contributed by atoms with van der Waals surface area (Å²) in [5.74, 6) is -0.285. The number of carbonyl (C=O) groups excluding carboxylic acids is 1. The fourth-order valence-electron chi connectivity index (χ4n) is 2.11. The van der Waals surface area contributed by atoms with E-state index < -0.39 is 4.92 Å². The summed E-state index contributed by atoms with van der Waals surface area (Å²) in [6, 6.07) is 14.0. The Morgan fingerprint density at radius 1 is 1.18 bits per heavy atom. The number of benzene rings is 2. The molecular weight excluding hydrogens is 280 g/mol. The van der Waals surface area contributed by atoms with Gasteiger partial charge in [0.25, 0.3) is 11.6 Å². The lowest BCUT2D eigenvalue weighted by molar-refractivity contribution is -0.384. The van der Waals surface area contributed by atoms with Crippen molar-refractivity contribution in [2.24, 2.45) is 0 Å². The van der Waals surface area contributed by atoms with E-state index in [1.54, 1.807) is 6.07 Å². The van der Waals surface area contributed by atoms with Crippen molar-refractivity contribution >= 4 is 11.6 Å². The predicted molar refractivity (Wildman–Crippen MR) is 84.9 cm³/mol. The Morgan fingerprint density at radius 2 is 1.91 bits per heavy atom. The highest BCUT2D eigenvalue weighted by atomic mass is 16.6. The lowest BCUT2D eigenvalue weighted by Crippen LogP contribution is -2.24. The summed E-state index contributed by atoms with van der Waals surface area (Å²) in [5.41, 5.74) is 2.69. The molecule has 114 valence electrons. The SMILES string of the molecule is Cc1ccc(CCCNC(=O)c2cccc([N+](=O)[O-])c2)cc1. The number of aryl methyl sites for hydroxylation is 2. The van der Waals surface area contributed by atoms with Crippen LogP contribution in [0.3, 0.4) is 0 Å². The first-order valence-corrected chi connectivity index (χ1v) is 7.14. The minimum atomic E-state index is -0.506. The third kappa shape index (κ3) is 4.41. The van der Waals surface area contributed by atoms with Crippen LogP contribution in [0.2, 0.25) is 0 Å². The molecule has 1 N–H and O–H groups in total. The average Bonchev–Trinajstić information content (AvgIpc) is 2.53. The van der Waals surface area contributed by atoms with Gasteiger partial charge in [0.05, 0.1) is 4.92 Å². The lowest BCUT2D eigenvalue weighted by Gasteiger charge is -2.06. The number of nitrogens with one attached hydrogen (secondary N) is 1. The summed E-state index contributed by atoms with van der Waals surface area (Å²) in [7, 11) is 0. The molecule has 2 aromatic carbocycles. The number of amides is 1. The topological polar surface area (TPSA) is 72.2 Å². The Hall–Kier alpha value is -2.69. The number of hydrogen-bond donors (Lipinski definition) is 1. The summed E-state index contributed by atoms with van der Waals surface area (Å²) >= 11 is 0. The van der Waals surface area contributed by atoms with Gasteiger partial charge < -0.3 is 5.32 Å². The predicted octanol–water partition coefficient (Wildman–Crippen LogP) is 3.27. The van der Waals surface area contributed by atoms with Crippen LogP contribution in [0.15, 0.2) is 48.5 Å². The lowest BCUT2D eigenvalue weighted by atomic mass is 10.1. The summed E-state index contributed by atoms with van der Waals surface area (Å²) < 4.78 is 0. The number of hydrogen-bond acceptors (Lipinski definition) is 3.